The van der Waals surface area contributed by atoms with Crippen LogP contribution in [0, 0.1) is 11.3 Å². The molecule has 2 aromatic rings. The highest BCUT2D eigenvalue weighted by Gasteiger charge is 2.22. The Balaban J connectivity index is 2.01. The van der Waals surface area contributed by atoms with Gasteiger partial charge in [0.15, 0.2) is 6.04 Å². The molecule has 0 radical (unpaired) electrons. The lowest BCUT2D eigenvalue weighted by molar-refractivity contribution is -0.907. The van der Waals surface area contributed by atoms with Crippen molar-refractivity contribution in [2.45, 2.75) is 19.5 Å². The zero-order valence-electron chi connectivity index (χ0n) is 12.8. The first-order valence-electron chi connectivity index (χ1n) is 7.28. The quantitative estimate of drug-likeness (QED) is 0.880. The van der Waals surface area contributed by atoms with Crippen LogP contribution in [0.2, 0.25) is 0 Å². The van der Waals surface area contributed by atoms with Crippen LogP contribution in [0.1, 0.15) is 18.1 Å². The van der Waals surface area contributed by atoms with E-state index in [9.17, 15) is 4.79 Å². The van der Waals surface area contributed by atoms with Crippen LogP contribution in [0.25, 0.3) is 0 Å². The minimum Gasteiger partial charge on any atom is -0.324 e. The van der Waals surface area contributed by atoms with Crippen LogP contribution in [-0.2, 0) is 11.3 Å². The third-order valence-electron chi connectivity index (χ3n) is 3.76. The predicted octanol–water partition coefficient (Wildman–Crippen LogP) is 1.60. The van der Waals surface area contributed by atoms with Crippen molar-refractivity contribution in [2.75, 3.05) is 12.4 Å². The fourth-order valence-corrected chi connectivity index (χ4v) is 2.23. The topological polar surface area (TPSA) is 57.3 Å². The Morgan fingerprint density at radius 1 is 1.18 bits per heavy atom. The second kappa shape index (κ2) is 7.39. The Morgan fingerprint density at radius 3 is 2.50 bits per heavy atom. The number of hydrogen-bond donors (Lipinski definition) is 2. The zero-order valence-corrected chi connectivity index (χ0v) is 12.8. The molecule has 0 aliphatic rings. The summed E-state index contributed by atoms with van der Waals surface area (Å²) in [5, 5.41) is 11.9. The molecule has 112 valence electrons. The highest BCUT2D eigenvalue weighted by atomic mass is 16.2. The minimum atomic E-state index is -0.216. The normalized spacial score (nSPS) is 13.0. The zero-order chi connectivity index (χ0) is 15.9. The number of nitrogens with one attached hydrogen (secondary N) is 2. The molecule has 0 spiro atoms. The van der Waals surface area contributed by atoms with E-state index in [1.165, 1.54) is 5.56 Å². The monoisotopic (exact) mass is 294 g/mol. The van der Waals surface area contributed by atoms with Crippen LogP contribution in [-0.4, -0.2) is 19.0 Å². The number of anilines is 1. The number of likely N-dealkylation sites (N-methyl/N-ethyl adjacent to an activating group) is 1. The number of carbonyl (C=O) groups is 1. The number of nitrogens with zero attached hydrogens (tertiary/aromatic N) is 1. The molecule has 1 amide bonds. The minimum absolute atomic E-state index is 0.0869. The van der Waals surface area contributed by atoms with Gasteiger partial charge in [0.2, 0.25) is 0 Å². The SMILES string of the molecule is C[C@H](C(=O)Nc1ccccc1C#N)[NH+](C)Cc1ccccc1. The van der Waals surface area contributed by atoms with Gasteiger partial charge in [0.1, 0.15) is 12.6 Å². The Hall–Kier alpha value is -2.64. The van der Waals surface area contributed by atoms with E-state index in [4.69, 9.17) is 5.26 Å². The number of para-hydroxylation sites is 1. The van der Waals surface area contributed by atoms with E-state index in [0.717, 1.165) is 11.4 Å². The number of amides is 1. The van der Waals surface area contributed by atoms with Crippen molar-refractivity contribution in [3.05, 3.63) is 65.7 Å². The second-order valence-electron chi connectivity index (χ2n) is 5.38. The summed E-state index contributed by atoms with van der Waals surface area (Å²) in [5.74, 6) is -0.0869. The third-order valence-corrected chi connectivity index (χ3v) is 3.76. The Kier molecular flexibility index (Phi) is 5.29. The van der Waals surface area contributed by atoms with Gasteiger partial charge < -0.3 is 10.2 Å². The number of benzene rings is 2. The highest BCUT2D eigenvalue weighted by molar-refractivity contribution is 5.94. The lowest BCUT2D eigenvalue weighted by atomic mass is 10.1. The summed E-state index contributed by atoms with van der Waals surface area (Å²) < 4.78 is 0. The molecule has 0 fully saturated rings. The van der Waals surface area contributed by atoms with Crippen LogP contribution in [0.5, 0.6) is 0 Å². The van der Waals surface area contributed by atoms with Gasteiger partial charge in [0.25, 0.3) is 5.91 Å². The van der Waals surface area contributed by atoms with Crippen LogP contribution in [0.15, 0.2) is 54.6 Å². The Bertz CT molecular complexity index is 676. The van der Waals surface area contributed by atoms with E-state index >= 15 is 0 Å². The van der Waals surface area contributed by atoms with E-state index < -0.39 is 0 Å². The molecule has 0 aliphatic heterocycles. The molecule has 2 rings (SSSR count). The molecule has 22 heavy (non-hydrogen) atoms. The summed E-state index contributed by atoms with van der Waals surface area (Å²) in [5.41, 5.74) is 2.23. The second-order valence-corrected chi connectivity index (χ2v) is 5.38. The van der Waals surface area contributed by atoms with E-state index in [2.05, 4.69) is 23.5 Å². The van der Waals surface area contributed by atoms with Gasteiger partial charge in [-0.1, -0.05) is 42.5 Å². The van der Waals surface area contributed by atoms with Crippen molar-refractivity contribution in [3.8, 4) is 6.07 Å². The molecule has 0 bridgehead atoms. The maximum absolute atomic E-state index is 12.4. The maximum Gasteiger partial charge on any atom is 0.282 e. The van der Waals surface area contributed by atoms with Gasteiger partial charge in [-0.15, -0.1) is 0 Å². The fraction of sp³-hybridized carbons (Fsp3) is 0.222. The van der Waals surface area contributed by atoms with Gasteiger partial charge in [-0.2, -0.15) is 5.26 Å². The van der Waals surface area contributed by atoms with Gasteiger partial charge in [-0.05, 0) is 19.1 Å². The number of carbonyl (C=O) groups excluding carboxylic acids is 1. The summed E-state index contributed by atoms with van der Waals surface area (Å²) in [6, 6.07) is 19.0. The summed E-state index contributed by atoms with van der Waals surface area (Å²) in [4.78, 5) is 13.5. The smallest absolute Gasteiger partial charge is 0.282 e. The Labute approximate surface area is 131 Å². The lowest BCUT2D eigenvalue weighted by Gasteiger charge is -2.21. The molecule has 1 unspecified atom stereocenters. The van der Waals surface area contributed by atoms with Gasteiger partial charge in [0.05, 0.1) is 18.3 Å². The molecular weight excluding hydrogens is 274 g/mol. The van der Waals surface area contributed by atoms with E-state index in [1.807, 2.05) is 38.2 Å². The summed E-state index contributed by atoms with van der Waals surface area (Å²) in [7, 11) is 1.99. The molecule has 2 N–H and O–H groups in total. The van der Waals surface area contributed by atoms with Crippen molar-refractivity contribution in [3.63, 3.8) is 0 Å². The number of hydrogen-bond acceptors (Lipinski definition) is 2. The summed E-state index contributed by atoms with van der Waals surface area (Å²) >= 11 is 0. The van der Waals surface area contributed by atoms with E-state index in [-0.39, 0.29) is 11.9 Å². The van der Waals surface area contributed by atoms with Gasteiger partial charge in [0, 0.05) is 5.56 Å². The molecule has 0 aliphatic carbocycles. The van der Waals surface area contributed by atoms with Crippen molar-refractivity contribution in [1.82, 2.24) is 0 Å². The van der Waals surface area contributed by atoms with Crippen molar-refractivity contribution in [1.29, 1.82) is 5.26 Å². The maximum atomic E-state index is 12.4. The van der Waals surface area contributed by atoms with E-state index in [0.29, 0.717) is 11.3 Å². The van der Waals surface area contributed by atoms with Crippen LogP contribution < -0.4 is 10.2 Å². The van der Waals surface area contributed by atoms with Crippen LogP contribution in [0.4, 0.5) is 5.69 Å². The third kappa shape index (κ3) is 3.94. The predicted molar refractivity (Wildman–Crippen MR) is 86.3 cm³/mol. The molecule has 4 heteroatoms. The standard InChI is InChI=1S/C18H19N3O/c1-14(21(2)13-15-8-4-3-5-9-15)18(22)20-17-11-7-6-10-16(17)12-19/h3-11,14H,13H2,1-2H3,(H,20,22)/p+1/t14-/m1/s1. The van der Waals surface area contributed by atoms with Crippen molar-refractivity contribution in [2.24, 2.45) is 0 Å². The molecule has 2 aromatic carbocycles. The Morgan fingerprint density at radius 2 is 1.82 bits per heavy atom. The van der Waals surface area contributed by atoms with Crippen LogP contribution in [0.3, 0.4) is 0 Å². The largest absolute Gasteiger partial charge is 0.324 e. The average Bonchev–Trinajstić information content (AvgIpc) is 2.55. The molecule has 2 atom stereocenters. The molecule has 0 aromatic heterocycles. The first-order valence-corrected chi connectivity index (χ1v) is 7.28. The fourth-order valence-electron chi connectivity index (χ4n) is 2.23. The number of nitriles is 1. The number of rotatable bonds is 5. The lowest BCUT2D eigenvalue weighted by Crippen LogP contribution is -3.12. The number of quaternary nitrogens is 1. The van der Waals surface area contributed by atoms with Gasteiger partial charge in [-0.3, -0.25) is 4.79 Å². The first-order chi connectivity index (χ1) is 10.6. The molecule has 4 nitrogen and oxygen atoms in total. The van der Waals surface area contributed by atoms with Crippen LogP contribution >= 0.6 is 0 Å². The first kappa shape index (κ1) is 15.7. The van der Waals surface area contributed by atoms with Crippen molar-refractivity contribution < 1.29 is 9.69 Å². The van der Waals surface area contributed by atoms with Crippen molar-refractivity contribution >= 4 is 11.6 Å². The molecule has 0 heterocycles. The van der Waals surface area contributed by atoms with E-state index in [1.54, 1.807) is 18.2 Å². The highest BCUT2D eigenvalue weighted by Crippen LogP contribution is 2.13. The average molecular weight is 294 g/mol. The summed E-state index contributed by atoms with van der Waals surface area (Å²) in [6.07, 6.45) is 0. The molecular formula is C18H20N3O+. The van der Waals surface area contributed by atoms with Gasteiger partial charge in [-0.25, -0.2) is 0 Å². The molecule has 0 saturated carbocycles. The summed E-state index contributed by atoms with van der Waals surface area (Å²) in [6.45, 7) is 2.66. The van der Waals surface area contributed by atoms with Gasteiger partial charge >= 0.3 is 0 Å². The molecule has 0 saturated heterocycles.